The second-order valence-electron chi connectivity index (χ2n) is 3.88. The predicted molar refractivity (Wildman–Crippen MR) is 58.2 cm³/mol. The summed E-state index contributed by atoms with van der Waals surface area (Å²) in [5, 5.41) is 0. The lowest BCUT2D eigenvalue weighted by Gasteiger charge is -2.21. The van der Waals surface area contributed by atoms with Crippen molar-refractivity contribution >= 4 is 17.5 Å². The fourth-order valence-corrected chi connectivity index (χ4v) is 2.31. The standard InChI is InChI=1S/C11H14ClNO2/c1-8-4-6-15-10(8)11(14)13-5-2-3-9(13)7-12/h4,6,9H,2-3,5,7H2,1H3. The number of halogens is 1. The fraction of sp³-hybridized carbons (Fsp3) is 0.545. The van der Waals surface area contributed by atoms with Gasteiger partial charge in [-0.2, -0.15) is 0 Å². The maximum absolute atomic E-state index is 12.1. The molecule has 3 nitrogen and oxygen atoms in total. The monoisotopic (exact) mass is 227 g/mol. The summed E-state index contributed by atoms with van der Waals surface area (Å²) in [4.78, 5) is 13.9. The summed E-state index contributed by atoms with van der Waals surface area (Å²) in [6.45, 7) is 2.67. The number of hydrogen-bond acceptors (Lipinski definition) is 2. The first kappa shape index (κ1) is 10.6. The van der Waals surface area contributed by atoms with Gasteiger partial charge >= 0.3 is 0 Å². The zero-order valence-corrected chi connectivity index (χ0v) is 9.46. The quantitative estimate of drug-likeness (QED) is 0.728. The van der Waals surface area contributed by atoms with Crippen molar-refractivity contribution in [1.29, 1.82) is 0 Å². The van der Waals surface area contributed by atoms with Gasteiger partial charge in [0.15, 0.2) is 5.76 Å². The fourth-order valence-electron chi connectivity index (χ4n) is 1.99. The van der Waals surface area contributed by atoms with Crippen LogP contribution in [0, 0.1) is 6.92 Å². The normalized spacial score (nSPS) is 20.9. The van der Waals surface area contributed by atoms with Crippen molar-refractivity contribution in [2.75, 3.05) is 12.4 Å². The van der Waals surface area contributed by atoms with Gasteiger partial charge in [0.25, 0.3) is 5.91 Å². The second kappa shape index (κ2) is 4.27. The van der Waals surface area contributed by atoms with E-state index in [2.05, 4.69) is 0 Å². The van der Waals surface area contributed by atoms with Crippen LogP contribution in [0.15, 0.2) is 16.7 Å². The SMILES string of the molecule is Cc1ccoc1C(=O)N1CCCC1CCl. The summed E-state index contributed by atoms with van der Waals surface area (Å²) >= 11 is 5.82. The zero-order chi connectivity index (χ0) is 10.8. The molecule has 1 unspecified atom stereocenters. The third kappa shape index (κ3) is 1.88. The van der Waals surface area contributed by atoms with Gasteiger partial charge in [-0.1, -0.05) is 0 Å². The van der Waals surface area contributed by atoms with Crippen LogP contribution in [0.2, 0.25) is 0 Å². The first-order valence-electron chi connectivity index (χ1n) is 5.15. The Balaban J connectivity index is 2.18. The highest BCUT2D eigenvalue weighted by atomic mass is 35.5. The number of likely N-dealkylation sites (tertiary alicyclic amines) is 1. The smallest absolute Gasteiger partial charge is 0.290 e. The Kier molecular flexibility index (Phi) is 3.00. The van der Waals surface area contributed by atoms with Crippen LogP contribution >= 0.6 is 11.6 Å². The van der Waals surface area contributed by atoms with Gasteiger partial charge in [-0.15, -0.1) is 11.6 Å². The number of furan rings is 1. The average molecular weight is 228 g/mol. The molecule has 1 aliphatic rings. The Morgan fingerprint density at radius 3 is 3.13 bits per heavy atom. The molecule has 15 heavy (non-hydrogen) atoms. The van der Waals surface area contributed by atoms with Gasteiger partial charge in [-0.25, -0.2) is 0 Å². The topological polar surface area (TPSA) is 33.5 Å². The van der Waals surface area contributed by atoms with Crippen LogP contribution in [-0.4, -0.2) is 29.3 Å². The molecule has 2 heterocycles. The molecule has 0 radical (unpaired) electrons. The molecule has 4 heteroatoms. The minimum absolute atomic E-state index is 0.0272. The van der Waals surface area contributed by atoms with E-state index < -0.39 is 0 Å². The van der Waals surface area contributed by atoms with E-state index in [1.54, 1.807) is 12.3 Å². The van der Waals surface area contributed by atoms with Crippen LogP contribution in [-0.2, 0) is 0 Å². The number of aryl methyl sites for hydroxylation is 1. The van der Waals surface area contributed by atoms with Crippen molar-refractivity contribution in [2.24, 2.45) is 0 Å². The van der Waals surface area contributed by atoms with E-state index in [0.717, 1.165) is 24.9 Å². The van der Waals surface area contributed by atoms with Crippen LogP contribution < -0.4 is 0 Å². The summed E-state index contributed by atoms with van der Waals surface area (Å²) in [6.07, 6.45) is 3.58. The number of carbonyl (C=O) groups is 1. The molecule has 1 aromatic rings. The first-order chi connectivity index (χ1) is 7.24. The zero-order valence-electron chi connectivity index (χ0n) is 8.70. The van der Waals surface area contributed by atoms with Crippen molar-refractivity contribution in [1.82, 2.24) is 4.90 Å². The lowest BCUT2D eigenvalue weighted by atomic mass is 10.2. The molecule has 0 aliphatic carbocycles. The molecular weight excluding hydrogens is 214 g/mol. The second-order valence-corrected chi connectivity index (χ2v) is 4.19. The van der Waals surface area contributed by atoms with Gasteiger partial charge < -0.3 is 9.32 Å². The van der Waals surface area contributed by atoms with Crippen LogP contribution in [0.4, 0.5) is 0 Å². The molecule has 1 atom stereocenters. The van der Waals surface area contributed by atoms with E-state index >= 15 is 0 Å². The largest absolute Gasteiger partial charge is 0.459 e. The van der Waals surface area contributed by atoms with Crippen molar-refractivity contribution < 1.29 is 9.21 Å². The third-order valence-electron chi connectivity index (χ3n) is 2.87. The highest BCUT2D eigenvalue weighted by molar-refractivity contribution is 6.18. The molecule has 0 N–H and O–H groups in total. The van der Waals surface area contributed by atoms with Gasteiger partial charge in [-0.05, 0) is 25.8 Å². The molecular formula is C11H14ClNO2. The number of hydrogen-bond donors (Lipinski definition) is 0. The Bertz CT molecular complexity index is 361. The highest BCUT2D eigenvalue weighted by Gasteiger charge is 2.30. The van der Waals surface area contributed by atoms with E-state index in [1.807, 2.05) is 11.8 Å². The summed E-state index contributed by atoms with van der Waals surface area (Å²) in [7, 11) is 0. The van der Waals surface area contributed by atoms with Crippen LogP contribution in [0.3, 0.4) is 0 Å². The van der Waals surface area contributed by atoms with Gasteiger partial charge in [0.05, 0.1) is 6.26 Å². The molecule has 0 bridgehead atoms. The molecule has 1 fully saturated rings. The molecule has 1 saturated heterocycles. The average Bonchev–Trinajstić information content (AvgIpc) is 2.84. The lowest BCUT2D eigenvalue weighted by Crippen LogP contribution is -2.36. The van der Waals surface area contributed by atoms with Crippen molar-refractivity contribution in [3.05, 3.63) is 23.7 Å². The van der Waals surface area contributed by atoms with Crippen LogP contribution in [0.25, 0.3) is 0 Å². The molecule has 1 amide bonds. The van der Waals surface area contributed by atoms with Gasteiger partial charge in [0.2, 0.25) is 0 Å². The number of alkyl halides is 1. The molecule has 0 saturated carbocycles. The predicted octanol–water partition coefficient (Wildman–Crippen LogP) is 2.43. The van der Waals surface area contributed by atoms with Crippen molar-refractivity contribution in [2.45, 2.75) is 25.8 Å². The van der Waals surface area contributed by atoms with Crippen LogP contribution in [0.1, 0.15) is 29.0 Å². The third-order valence-corrected chi connectivity index (χ3v) is 3.23. The minimum atomic E-state index is -0.0272. The van der Waals surface area contributed by atoms with E-state index in [0.29, 0.717) is 11.6 Å². The van der Waals surface area contributed by atoms with E-state index in [9.17, 15) is 4.79 Å². The Hall–Kier alpha value is -0.960. The number of carbonyl (C=O) groups excluding carboxylic acids is 1. The number of nitrogens with zero attached hydrogens (tertiary/aromatic N) is 1. The maximum atomic E-state index is 12.1. The molecule has 2 rings (SSSR count). The van der Waals surface area contributed by atoms with E-state index in [-0.39, 0.29) is 11.9 Å². The Morgan fingerprint density at radius 1 is 1.73 bits per heavy atom. The maximum Gasteiger partial charge on any atom is 0.290 e. The minimum Gasteiger partial charge on any atom is -0.459 e. The number of amides is 1. The van der Waals surface area contributed by atoms with Crippen molar-refractivity contribution in [3.63, 3.8) is 0 Å². The molecule has 1 aromatic heterocycles. The summed E-state index contributed by atoms with van der Waals surface area (Å²) in [5.74, 6) is 0.929. The van der Waals surface area contributed by atoms with Gasteiger partial charge in [0.1, 0.15) is 0 Å². The van der Waals surface area contributed by atoms with E-state index in [4.69, 9.17) is 16.0 Å². The first-order valence-corrected chi connectivity index (χ1v) is 5.68. The molecule has 0 aromatic carbocycles. The summed E-state index contributed by atoms with van der Waals surface area (Å²) in [6, 6.07) is 1.97. The molecule has 0 spiro atoms. The van der Waals surface area contributed by atoms with Crippen LogP contribution in [0.5, 0.6) is 0 Å². The summed E-state index contributed by atoms with van der Waals surface area (Å²) in [5.41, 5.74) is 0.889. The van der Waals surface area contributed by atoms with Gasteiger partial charge in [0, 0.05) is 24.0 Å². The van der Waals surface area contributed by atoms with E-state index in [1.165, 1.54) is 0 Å². The number of rotatable bonds is 2. The Morgan fingerprint density at radius 2 is 2.53 bits per heavy atom. The van der Waals surface area contributed by atoms with Gasteiger partial charge in [-0.3, -0.25) is 4.79 Å². The highest BCUT2D eigenvalue weighted by Crippen LogP contribution is 2.22. The summed E-state index contributed by atoms with van der Waals surface area (Å²) < 4.78 is 5.20. The molecule has 1 aliphatic heterocycles. The molecule has 82 valence electrons. The van der Waals surface area contributed by atoms with Crippen molar-refractivity contribution in [3.8, 4) is 0 Å². The Labute approximate surface area is 94.0 Å². The lowest BCUT2D eigenvalue weighted by molar-refractivity contribution is 0.0716.